The topological polar surface area (TPSA) is 67.2 Å². The number of imidazole rings is 1. The van der Waals surface area contributed by atoms with E-state index in [1.165, 1.54) is 0 Å². The second-order valence-electron chi connectivity index (χ2n) is 8.37. The third-order valence-electron chi connectivity index (χ3n) is 6.58. The Morgan fingerprint density at radius 3 is 2.50 bits per heavy atom. The highest BCUT2D eigenvalue weighted by Crippen LogP contribution is 2.34. The van der Waals surface area contributed by atoms with Crippen LogP contribution in [0.3, 0.4) is 0 Å². The lowest BCUT2D eigenvalue weighted by molar-refractivity contribution is -0.140. The van der Waals surface area contributed by atoms with Crippen molar-refractivity contribution in [2.75, 3.05) is 24.5 Å². The van der Waals surface area contributed by atoms with Crippen LogP contribution in [0.15, 0.2) is 42.7 Å². The fourth-order valence-electron chi connectivity index (χ4n) is 4.94. The van der Waals surface area contributed by atoms with Crippen LogP contribution in [0, 0.1) is 5.92 Å². The SMILES string of the molecule is Cn1c(C2CCCCN2C(=O)C2CCN(c3ncccn3)CC2)nc2ccccc21. The van der Waals surface area contributed by atoms with E-state index in [1.807, 2.05) is 18.2 Å². The molecule has 1 amide bonds. The highest BCUT2D eigenvalue weighted by molar-refractivity contribution is 5.80. The summed E-state index contributed by atoms with van der Waals surface area (Å²) in [5, 5.41) is 0. The summed E-state index contributed by atoms with van der Waals surface area (Å²) < 4.78 is 2.17. The van der Waals surface area contributed by atoms with Gasteiger partial charge >= 0.3 is 0 Å². The Labute approximate surface area is 176 Å². The zero-order valence-corrected chi connectivity index (χ0v) is 17.4. The number of carbonyl (C=O) groups excluding carboxylic acids is 1. The fraction of sp³-hybridized carbons (Fsp3) is 0.478. The molecule has 0 aliphatic carbocycles. The van der Waals surface area contributed by atoms with Gasteiger partial charge in [-0.05, 0) is 50.3 Å². The number of para-hydroxylation sites is 2. The Kier molecular flexibility index (Phi) is 5.11. The first-order valence-electron chi connectivity index (χ1n) is 11.0. The van der Waals surface area contributed by atoms with E-state index in [0.29, 0.717) is 5.91 Å². The number of likely N-dealkylation sites (tertiary alicyclic amines) is 1. The van der Waals surface area contributed by atoms with Crippen molar-refractivity contribution < 1.29 is 4.79 Å². The molecule has 3 aromatic rings. The molecule has 7 nitrogen and oxygen atoms in total. The van der Waals surface area contributed by atoms with E-state index in [0.717, 1.165) is 74.5 Å². The molecule has 1 atom stereocenters. The predicted molar refractivity (Wildman–Crippen MR) is 116 cm³/mol. The van der Waals surface area contributed by atoms with Gasteiger partial charge in [-0.3, -0.25) is 4.79 Å². The summed E-state index contributed by atoms with van der Waals surface area (Å²) in [6.45, 7) is 2.48. The number of aryl methyl sites for hydroxylation is 1. The Bertz CT molecular complexity index is 1020. The summed E-state index contributed by atoms with van der Waals surface area (Å²) in [7, 11) is 2.07. The van der Waals surface area contributed by atoms with Gasteiger partial charge in [0.25, 0.3) is 0 Å². The molecule has 1 unspecified atom stereocenters. The van der Waals surface area contributed by atoms with Crippen LogP contribution in [0.1, 0.15) is 44.0 Å². The molecule has 2 aliphatic heterocycles. The minimum atomic E-state index is 0.0686. The number of hydrogen-bond donors (Lipinski definition) is 0. The highest BCUT2D eigenvalue weighted by atomic mass is 16.2. The average molecular weight is 405 g/mol. The first kappa shape index (κ1) is 19.0. The van der Waals surface area contributed by atoms with Crippen LogP contribution in [0.4, 0.5) is 5.95 Å². The number of aromatic nitrogens is 4. The summed E-state index contributed by atoms with van der Waals surface area (Å²) in [4.78, 5) is 31.5. The molecule has 0 spiro atoms. The quantitative estimate of drug-likeness (QED) is 0.670. The van der Waals surface area contributed by atoms with Gasteiger partial charge in [0, 0.05) is 45.0 Å². The van der Waals surface area contributed by atoms with Gasteiger partial charge in [0.15, 0.2) is 0 Å². The Balaban J connectivity index is 1.33. The van der Waals surface area contributed by atoms with Crippen molar-refractivity contribution in [2.45, 2.75) is 38.1 Å². The number of carbonyl (C=O) groups is 1. The van der Waals surface area contributed by atoms with Gasteiger partial charge in [0.2, 0.25) is 11.9 Å². The molecule has 30 heavy (non-hydrogen) atoms. The summed E-state index contributed by atoms with van der Waals surface area (Å²) in [6.07, 6.45) is 8.44. The van der Waals surface area contributed by atoms with E-state index in [4.69, 9.17) is 4.98 Å². The van der Waals surface area contributed by atoms with Crippen LogP contribution in [0.25, 0.3) is 11.0 Å². The Morgan fingerprint density at radius 2 is 1.73 bits per heavy atom. The van der Waals surface area contributed by atoms with Gasteiger partial charge in [-0.15, -0.1) is 0 Å². The number of nitrogens with zero attached hydrogens (tertiary/aromatic N) is 6. The van der Waals surface area contributed by atoms with Crippen molar-refractivity contribution in [1.82, 2.24) is 24.4 Å². The summed E-state index contributed by atoms with van der Waals surface area (Å²) in [6, 6.07) is 10.1. The van der Waals surface area contributed by atoms with Crippen molar-refractivity contribution in [2.24, 2.45) is 13.0 Å². The molecule has 1 aromatic carbocycles. The van der Waals surface area contributed by atoms with E-state index in [9.17, 15) is 4.79 Å². The maximum atomic E-state index is 13.5. The summed E-state index contributed by atoms with van der Waals surface area (Å²) in [5.41, 5.74) is 2.13. The molecule has 7 heteroatoms. The Hall–Kier alpha value is -2.96. The predicted octanol–water partition coefficient (Wildman–Crippen LogP) is 3.33. The van der Waals surface area contributed by atoms with Crippen molar-refractivity contribution in [3.63, 3.8) is 0 Å². The van der Waals surface area contributed by atoms with E-state index in [2.05, 4.69) is 43.5 Å². The smallest absolute Gasteiger partial charge is 0.226 e. The van der Waals surface area contributed by atoms with Crippen molar-refractivity contribution in [1.29, 1.82) is 0 Å². The number of amides is 1. The average Bonchev–Trinajstić information content (AvgIpc) is 3.16. The van der Waals surface area contributed by atoms with Gasteiger partial charge in [-0.25, -0.2) is 15.0 Å². The molecular formula is C23H28N6O. The molecular weight excluding hydrogens is 376 g/mol. The fourth-order valence-corrected chi connectivity index (χ4v) is 4.94. The maximum Gasteiger partial charge on any atom is 0.226 e. The standard InChI is InChI=1S/C23H28N6O/c1-27-19-8-3-2-7-18(19)26-21(27)20-9-4-5-14-29(20)22(30)17-10-15-28(16-11-17)23-24-12-6-13-25-23/h2-3,6-8,12-13,17,20H,4-5,9-11,14-16H2,1H3. The lowest BCUT2D eigenvalue weighted by Crippen LogP contribution is -2.46. The molecule has 156 valence electrons. The number of fused-ring (bicyclic) bond motifs is 1. The first-order valence-corrected chi connectivity index (χ1v) is 11.0. The van der Waals surface area contributed by atoms with Gasteiger partial charge in [0.05, 0.1) is 17.1 Å². The Morgan fingerprint density at radius 1 is 0.967 bits per heavy atom. The number of piperidine rings is 2. The molecule has 5 rings (SSSR count). The van der Waals surface area contributed by atoms with Crippen LogP contribution < -0.4 is 4.90 Å². The van der Waals surface area contributed by atoms with E-state index in [-0.39, 0.29) is 12.0 Å². The van der Waals surface area contributed by atoms with E-state index < -0.39 is 0 Å². The van der Waals surface area contributed by atoms with Crippen molar-refractivity contribution in [3.05, 3.63) is 48.5 Å². The van der Waals surface area contributed by atoms with Gasteiger partial charge < -0.3 is 14.4 Å². The third kappa shape index (κ3) is 3.42. The zero-order chi connectivity index (χ0) is 20.5. The number of hydrogen-bond acceptors (Lipinski definition) is 5. The van der Waals surface area contributed by atoms with Gasteiger partial charge in [-0.2, -0.15) is 0 Å². The maximum absolute atomic E-state index is 13.5. The largest absolute Gasteiger partial charge is 0.341 e. The first-order chi connectivity index (χ1) is 14.7. The lowest BCUT2D eigenvalue weighted by atomic mass is 9.92. The van der Waals surface area contributed by atoms with Crippen LogP contribution in [-0.4, -0.2) is 50.0 Å². The highest BCUT2D eigenvalue weighted by Gasteiger charge is 2.36. The monoisotopic (exact) mass is 404 g/mol. The number of anilines is 1. The second kappa shape index (κ2) is 8.05. The van der Waals surface area contributed by atoms with Gasteiger partial charge in [0.1, 0.15) is 5.82 Å². The van der Waals surface area contributed by atoms with Crippen molar-refractivity contribution >= 4 is 22.9 Å². The molecule has 2 aromatic heterocycles. The minimum absolute atomic E-state index is 0.0686. The second-order valence-corrected chi connectivity index (χ2v) is 8.37. The summed E-state index contributed by atoms with van der Waals surface area (Å²) >= 11 is 0. The lowest BCUT2D eigenvalue weighted by Gasteiger charge is -2.39. The van der Waals surface area contributed by atoms with Crippen LogP contribution in [0.5, 0.6) is 0 Å². The normalized spacial score (nSPS) is 20.6. The molecule has 0 radical (unpaired) electrons. The van der Waals surface area contributed by atoms with E-state index >= 15 is 0 Å². The molecule has 0 bridgehead atoms. The van der Waals surface area contributed by atoms with E-state index in [1.54, 1.807) is 12.4 Å². The van der Waals surface area contributed by atoms with Gasteiger partial charge in [-0.1, -0.05) is 12.1 Å². The molecule has 2 fully saturated rings. The van der Waals surface area contributed by atoms with Crippen molar-refractivity contribution in [3.8, 4) is 0 Å². The van der Waals surface area contributed by atoms with Crippen LogP contribution >= 0.6 is 0 Å². The molecule has 2 saturated heterocycles. The molecule has 4 heterocycles. The number of rotatable bonds is 3. The van der Waals surface area contributed by atoms with Crippen LogP contribution in [0.2, 0.25) is 0 Å². The summed E-state index contributed by atoms with van der Waals surface area (Å²) in [5.74, 6) is 2.14. The van der Waals surface area contributed by atoms with Crippen LogP contribution in [-0.2, 0) is 11.8 Å². The molecule has 2 aliphatic rings. The molecule has 0 N–H and O–H groups in total. The molecule has 0 saturated carbocycles. The zero-order valence-electron chi connectivity index (χ0n) is 17.4. The minimum Gasteiger partial charge on any atom is -0.341 e. The number of benzene rings is 1. The third-order valence-corrected chi connectivity index (χ3v) is 6.58.